The Kier molecular flexibility index (Phi) is 4.99. The van der Waals surface area contributed by atoms with E-state index in [9.17, 15) is 14.3 Å². The molecule has 3 nitrogen and oxygen atoms in total. The summed E-state index contributed by atoms with van der Waals surface area (Å²) in [5.74, 6) is -0.327. The van der Waals surface area contributed by atoms with Gasteiger partial charge in [0.15, 0.2) is 0 Å². The first kappa shape index (κ1) is 16.0. The van der Waals surface area contributed by atoms with Crippen LogP contribution in [0.3, 0.4) is 0 Å². The smallest absolute Gasteiger partial charge is 0.310 e. The Bertz CT molecular complexity index is 495. The van der Waals surface area contributed by atoms with Crippen LogP contribution in [0.25, 0.3) is 0 Å². The first-order valence-corrected chi connectivity index (χ1v) is 7.58. The maximum atomic E-state index is 13.2. The van der Waals surface area contributed by atoms with Gasteiger partial charge in [-0.1, -0.05) is 19.1 Å². The maximum Gasteiger partial charge on any atom is 0.310 e. The minimum absolute atomic E-state index is 0.250. The second-order valence-corrected chi connectivity index (χ2v) is 6.57. The van der Waals surface area contributed by atoms with Crippen LogP contribution >= 0.6 is 0 Å². The van der Waals surface area contributed by atoms with Crippen molar-refractivity contribution in [2.75, 3.05) is 13.6 Å². The van der Waals surface area contributed by atoms with Gasteiger partial charge in [0, 0.05) is 13.1 Å². The van der Waals surface area contributed by atoms with Gasteiger partial charge in [-0.2, -0.15) is 0 Å². The predicted octanol–water partition coefficient (Wildman–Crippen LogP) is 3.54. The molecule has 116 valence electrons. The molecule has 0 unspecified atom stereocenters. The minimum Gasteiger partial charge on any atom is -0.481 e. The number of benzene rings is 1. The molecule has 1 aromatic rings. The zero-order valence-corrected chi connectivity index (χ0v) is 12.8. The molecule has 0 aromatic heterocycles. The number of carboxylic acid groups (broad SMARTS) is 1. The Hall–Kier alpha value is -1.42. The molecule has 0 heterocycles. The Morgan fingerprint density at radius 2 is 2.10 bits per heavy atom. The van der Waals surface area contributed by atoms with Gasteiger partial charge in [-0.25, -0.2) is 4.39 Å². The monoisotopic (exact) mass is 293 g/mol. The molecular weight excluding hydrogens is 269 g/mol. The third-order valence-corrected chi connectivity index (χ3v) is 4.60. The third-order valence-electron chi connectivity index (χ3n) is 4.60. The van der Waals surface area contributed by atoms with Crippen LogP contribution < -0.4 is 0 Å². The summed E-state index contributed by atoms with van der Waals surface area (Å²) < 4.78 is 13.2. The summed E-state index contributed by atoms with van der Waals surface area (Å²) in [5, 5.41) is 9.65. The zero-order valence-electron chi connectivity index (χ0n) is 12.8. The van der Waals surface area contributed by atoms with Crippen molar-refractivity contribution < 1.29 is 14.3 Å². The Balaban J connectivity index is 2.02. The standard InChI is InChI=1S/C17H24FNO2/c1-13-6-8-17(9-7-13,16(20)21)12-19(2)11-14-4-3-5-15(18)10-14/h3-5,10,13H,6-9,11-12H2,1-2H3,(H,20,21). The van der Waals surface area contributed by atoms with Gasteiger partial charge < -0.3 is 10.0 Å². The molecule has 1 fully saturated rings. The number of hydrogen-bond donors (Lipinski definition) is 1. The molecular formula is C17H24FNO2. The second-order valence-electron chi connectivity index (χ2n) is 6.57. The van der Waals surface area contributed by atoms with Gasteiger partial charge in [-0.05, 0) is 56.3 Å². The Morgan fingerprint density at radius 1 is 1.43 bits per heavy atom. The van der Waals surface area contributed by atoms with Gasteiger partial charge in [-0.3, -0.25) is 4.79 Å². The highest BCUT2D eigenvalue weighted by Crippen LogP contribution is 2.39. The van der Waals surface area contributed by atoms with Crippen molar-refractivity contribution in [3.63, 3.8) is 0 Å². The summed E-state index contributed by atoms with van der Waals surface area (Å²) >= 11 is 0. The summed E-state index contributed by atoms with van der Waals surface area (Å²) in [6.45, 7) is 3.27. The number of nitrogens with zero attached hydrogens (tertiary/aromatic N) is 1. The van der Waals surface area contributed by atoms with Gasteiger partial charge in [0.2, 0.25) is 0 Å². The normalized spacial score (nSPS) is 26.0. The van der Waals surface area contributed by atoms with E-state index in [0.29, 0.717) is 19.0 Å². The Morgan fingerprint density at radius 3 is 2.67 bits per heavy atom. The van der Waals surface area contributed by atoms with Gasteiger partial charge >= 0.3 is 5.97 Å². The largest absolute Gasteiger partial charge is 0.481 e. The topological polar surface area (TPSA) is 40.5 Å². The zero-order chi connectivity index (χ0) is 15.5. The van der Waals surface area contributed by atoms with E-state index in [1.165, 1.54) is 12.1 Å². The highest BCUT2D eigenvalue weighted by atomic mass is 19.1. The number of carbonyl (C=O) groups is 1. The van der Waals surface area contributed by atoms with Crippen LogP contribution in [0.5, 0.6) is 0 Å². The molecule has 0 amide bonds. The fourth-order valence-corrected chi connectivity index (χ4v) is 3.27. The summed E-state index contributed by atoms with van der Waals surface area (Å²) in [5.41, 5.74) is 0.233. The van der Waals surface area contributed by atoms with E-state index in [2.05, 4.69) is 6.92 Å². The van der Waals surface area contributed by atoms with Gasteiger partial charge in [0.05, 0.1) is 5.41 Å². The molecule has 21 heavy (non-hydrogen) atoms. The molecule has 1 N–H and O–H groups in total. The molecule has 1 aromatic carbocycles. The minimum atomic E-state index is -0.694. The van der Waals surface area contributed by atoms with Crippen molar-refractivity contribution in [1.29, 1.82) is 0 Å². The average molecular weight is 293 g/mol. The lowest BCUT2D eigenvalue weighted by Crippen LogP contribution is -2.44. The van der Waals surface area contributed by atoms with E-state index in [1.54, 1.807) is 6.07 Å². The van der Waals surface area contributed by atoms with E-state index in [-0.39, 0.29) is 5.82 Å². The quantitative estimate of drug-likeness (QED) is 0.902. The average Bonchev–Trinajstić information content (AvgIpc) is 2.41. The highest BCUT2D eigenvalue weighted by molar-refractivity contribution is 5.75. The first-order chi connectivity index (χ1) is 9.91. The van der Waals surface area contributed by atoms with Gasteiger partial charge in [-0.15, -0.1) is 0 Å². The number of hydrogen-bond acceptors (Lipinski definition) is 2. The third kappa shape index (κ3) is 4.03. The summed E-state index contributed by atoms with van der Waals surface area (Å²) in [4.78, 5) is 13.7. The molecule has 4 heteroatoms. The van der Waals surface area contributed by atoms with Crippen LogP contribution in [-0.2, 0) is 11.3 Å². The second kappa shape index (κ2) is 6.56. The molecule has 1 aliphatic carbocycles. The molecule has 0 aliphatic heterocycles. The molecule has 0 radical (unpaired) electrons. The summed E-state index contributed by atoms with van der Waals surface area (Å²) in [6.07, 6.45) is 3.41. The van der Waals surface area contributed by atoms with Crippen molar-refractivity contribution in [3.8, 4) is 0 Å². The highest BCUT2D eigenvalue weighted by Gasteiger charge is 2.41. The summed E-state index contributed by atoms with van der Waals surface area (Å²) in [7, 11) is 1.91. The number of carboxylic acids is 1. The lowest BCUT2D eigenvalue weighted by molar-refractivity contribution is -0.153. The number of halogens is 1. The van der Waals surface area contributed by atoms with E-state index >= 15 is 0 Å². The number of aliphatic carboxylic acids is 1. The van der Waals surface area contributed by atoms with E-state index in [1.807, 2.05) is 18.0 Å². The van der Waals surface area contributed by atoms with Crippen molar-refractivity contribution in [3.05, 3.63) is 35.6 Å². The fourth-order valence-electron chi connectivity index (χ4n) is 3.27. The maximum absolute atomic E-state index is 13.2. The van der Waals surface area contributed by atoms with Crippen molar-refractivity contribution in [1.82, 2.24) is 4.90 Å². The van der Waals surface area contributed by atoms with Crippen molar-refractivity contribution in [2.45, 2.75) is 39.2 Å². The van der Waals surface area contributed by atoms with E-state index in [0.717, 1.165) is 31.2 Å². The van der Waals surface area contributed by atoms with E-state index < -0.39 is 11.4 Å². The Labute approximate surface area is 125 Å². The van der Waals surface area contributed by atoms with Gasteiger partial charge in [0.25, 0.3) is 0 Å². The van der Waals surface area contributed by atoms with Crippen molar-refractivity contribution in [2.24, 2.45) is 11.3 Å². The summed E-state index contributed by atoms with van der Waals surface area (Å²) in [6, 6.07) is 6.49. The molecule has 2 rings (SSSR count). The molecule has 0 saturated heterocycles. The lowest BCUT2D eigenvalue weighted by atomic mass is 9.70. The van der Waals surface area contributed by atoms with Crippen LogP contribution in [0.15, 0.2) is 24.3 Å². The molecule has 0 spiro atoms. The fraction of sp³-hybridized carbons (Fsp3) is 0.588. The number of rotatable bonds is 5. The predicted molar refractivity (Wildman–Crippen MR) is 80.4 cm³/mol. The molecule has 0 atom stereocenters. The SMILES string of the molecule is CC1CCC(CN(C)Cc2cccc(F)c2)(C(=O)O)CC1. The van der Waals surface area contributed by atoms with E-state index in [4.69, 9.17) is 0 Å². The van der Waals surface area contributed by atoms with Crippen LogP contribution in [0.1, 0.15) is 38.2 Å². The van der Waals surface area contributed by atoms with Crippen molar-refractivity contribution >= 4 is 5.97 Å². The first-order valence-electron chi connectivity index (χ1n) is 7.58. The lowest BCUT2D eigenvalue weighted by Gasteiger charge is -2.38. The molecule has 0 bridgehead atoms. The van der Waals surface area contributed by atoms with Crippen LogP contribution in [0.2, 0.25) is 0 Å². The molecule has 1 aliphatic rings. The van der Waals surface area contributed by atoms with Crippen LogP contribution in [0.4, 0.5) is 4.39 Å². The molecule has 1 saturated carbocycles. The van der Waals surface area contributed by atoms with Crippen LogP contribution in [-0.4, -0.2) is 29.6 Å². The van der Waals surface area contributed by atoms with Crippen LogP contribution in [0, 0.1) is 17.2 Å². The van der Waals surface area contributed by atoms with Gasteiger partial charge in [0.1, 0.15) is 5.82 Å².